The van der Waals surface area contributed by atoms with Gasteiger partial charge in [-0.05, 0) is 19.4 Å². The lowest BCUT2D eigenvalue weighted by molar-refractivity contribution is 0.289. The average molecular weight is 236 g/mol. The van der Waals surface area contributed by atoms with Gasteiger partial charge in [0.2, 0.25) is 5.88 Å². The number of nitrogens with two attached hydrogens (primary N) is 1. The van der Waals surface area contributed by atoms with E-state index in [9.17, 15) is 0 Å². The van der Waals surface area contributed by atoms with E-state index in [0.717, 1.165) is 18.6 Å². The molecule has 1 heterocycles. The quantitative estimate of drug-likeness (QED) is 0.703. The summed E-state index contributed by atoms with van der Waals surface area (Å²) in [4.78, 5) is 4.23. The highest BCUT2D eigenvalue weighted by Crippen LogP contribution is 2.20. The standard InChI is InChI=1S/C14H24N2O/c1-3-4-5-6-7-11-17-14-13(12(2)15)9-8-10-16-14/h8-10,12H,3-7,11,15H2,1-2H3. The molecular formula is C14H24N2O. The van der Waals surface area contributed by atoms with Gasteiger partial charge in [-0.3, -0.25) is 0 Å². The Kier molecular flexibility index (Phi) is 6.63. The molecule has 1 aromatic rings. The van der Waals surface area contributed by atoms with Gasteiger partial charge in [-0.25, -0.2) is 4.98 Å². The van der Waals surface area contributed by atoms with E-state index in [1.807, 2.05) is 19.1 Å². The summed E-state index contributed by atoms with van der Waals surface area (Å²) < 4.78 is 5.69. The lowest BCUT2D eigenvalue weighted by atomic mass is 10.1. The van der Waals surface area contributed by atoms with Gasteiger partial charge in [0.25, 0.3) is 0 Å². The molecule has 0 aliphatic heterocycles. The van der Waals surface area contributed by atoms with E-state index in [1.165, 1.54) is 25.7 Å². The van der Waals surface area contributed by atoms with Crippen LogP contribution in [-0.4, -0.2) is 11.6 Å². The van der Waals surface area contributed by atoms with Crippen LogP contribution in [0.3, 0.4) is 0 Å². The highest BCUT2D eigenvalue weighted by molar-refractivity contribution is 5.27. The van der Waals surface area contributed by atoms with Crippen molar-refractivity contribution in [3.8, 4) is 5.88 Å². The summed E-state index contributed by atoms with van der Waals surface area (Å²) in [6, 6.07) is 3.84. The van der Waals surface area contributed by atoms with E-state index in [4.69, 9.17) is 10.5 Å². The molecule has 0 aliphatic carbocycles. The summed E-state index contributed by atoms with van der Waals surface area (Å²) in [5.41, 5.74) is 6.85. The van der Waals surface area contributed by atoms with Gasteiger partial charge in [-0.2, -0.15) is 0 Å². The van der Waals surface area contributed by atoms with Gasteiger partial charge in [0.15, 0.2) is 0 Å². The minimum absolute atomic E-state index is 0.0289. The Balaban J connectivity index is 2.31. The van der Waals surface area contributed by atoms with E-state index in [1.54, 1.807) is 6.20 Å². The smallest absolute Gasteiger partial charge is 0.218 e. The van der Waals surface area contributed by atoms with Crippen molar-refractivity contribution in [1.82, 2.24) is 4.98 Å². The average Bonchev–Trinajstić information content (AvgIpc) is 2.34. The number of aromatic nitrogens is 1. The molecule has 0 aliphatic rings. The molecule has 2 N–H and O–H groups in total. The second kappa shape index (κ2) is 8.07. The third-order valence-corrected chi connectivity index (χ3v) is 2.78. The fourth-order valence-corrected chi connectivity index (χ4v) is 1.74. The van der Waals surface area contributed by atoms with Crippen molar-refractivity contribution in [3.05, 3.63) is 23.9 Å². The molecule has 0 bridgehead atoms. The zero-order valence-electron chi connectivity index (χ0n) is 11.0. The van der Waals surface area contributed by atoms with Crippen LogP contribution in [-0.2, 0) is 0 Å². The molecule has 3 nitrogen and oxygen atoms in total. The molecule has 1 rings (SSSR count). The lowest BCUT2D eigenvalue weighted by Gasteiger charge is -2.12. The highest BCUT2D eigenvalue weighted by Gasteiger charge is 2.08. The summed E-state index contributed by atoms with van der Waals surface area (Å²) in [5, 5.41) is 0. The van der Waals surface area contributed by atoms with E-state index >= 15 is 0 Å². The van der Waals surface area contributed by atoms with Crippen LogP contribution >= 0.6 is 0 Å². The molecule has 96 valence electrons. The summed E-state index contributed by atoms with van der Waals surface area (Å²) in [6.07, 6.45) is 7.95. The second-order valence-corrected chi connectivity index (χ2v) is 4.45. The second-order valence-electron chi connectivity index (χ2n) is 4.45. The van der Waals surface area contributed by atoms with Gasteiger partial charge < -0.3 is 10.5 Å². The maximum atomic E-state index is 5.86. The molecule has 0 aromatic carbocycles. The van der Waals surface area contributed by atoms with Crippen LogP contribution in [0.25, 0.3) is 0 Å². The van der Waals surface area contributed by atoms with Crippen LogP contribution in [0.2, 0.25) is 0 Å². The number of hydrogen-bond acceptors (Lipinski definition) is 3. The Bertz CT molecular complexity index is 313. The first-order valence-corrected chi connectivity index (χ1v) is 6.59. The topological polar surface area (TPSA) is 48.1 Å². The van der Waals surface area contributed by atoms with Crippen molar-refractivity contribution in [1.29, 1.82) is 0 Å². The number of pyridine rings is 1. The predicted molar refractivity (Wildman–Crippen MR) is 71.1 cm³/mol. The Labute approximate surface area is 104 Å². The van der Waals surface area contributed by atoms with Crippen molar-refractivity contribution < 1.29 is 4.74 Å². The molecule has 17 heavy (non-hydrogen) atoms. The number of nitrogens with zero attached hydrogens (tertiary/aromatic N) is 1. The Morgan fingerprint density at radius 3 is 2.76 bits per heavy atom. The first kappa shape index (κ1) is 14.0. The lowest BCUT2D eigenvalue weighted by Crippen LogP contribution is -2.09. The van der Waals surface area contributed by atoms with Gasteiger partial charge in [0, 0.05) is 17.8 Å². The van der Waals surface area contributed by atoms with Crippen LogP contribution in [0.5, 0.6) is 5.88 Å². The number of rotatable bonds is 8. The minimum atomic E-state index is -0.0289. The van der Waals surface area contributed by atoms with Gasteiger partial charge in [-0.1, -0.05) is 38.7 Å². The zero-order chi connectivity index (χ0) is 12.5. The van der Waals surface area contributed by atoms with Crippen LogP contribution in [0, 0.1) is 0 Å². The molecule has 3 heteroatoms. The molecule has 1 unspecified atom stereocenters. The number of ether oxygens (including phenoxy) is 1. The van der Waals surface area contributed by atoms with E-state index in [2.05, 4.69) is 11.9 Å². The molecule has 0 radical (unpaired) electrons. The molecule has 0 saturated carbocycles. The molecule has 0 saturated heterocycles. The number of hydrogen-bond donors (Lipinski definition) is 1. The predicted octanol–water partition coefficient (Wildman–Crippen LogP) is 3.45. The Morgan fingerprint density at radius 2 is 2.06 bits per heavy atom. The van der Waals surface area contributed by atoms with Gasteiger partial charge >= 0.3 is 0 Å². The first-order chi connectivity index (χ1) is 8.25. The fourth-order valence-electron chi connectivity index (χ4n) is 1.74. The molecule has 1 aromatic heterocycles. The van der Waals surface area contributed by atoms with Crippen LogP contribution < -0.4 is 10.5 Å². The van der Waals surface area contributed by atoms with Crippen molar-refractivity contribution in [3.63, 3.8) is 0 Å². The zero-order valence-corrected chi connectivity index (χ0v) is 11.0. The van der Waals surface area contributed by atoms with Crippen molar-refractivity contribution in [2.45, 2.75) is 52.0 Å². The maximum absolute atomic E-state index is 5.86. The Morgan fingerprint density at radius 1 is 1.29 bits per heavy atom. The third-order valence-electron chi connectivity index (χ3n) is 2.78. The fraction of sp³-hybridized carbons (Fsp3) is 0.643. The summed E-state index contributed by atoms with van der Waals surface area (Å²) in [7, 11) is 0. The molecule has 0 fully saturated rings. The minimum Gasteiger partial charge on any atom is -0.477 e. The maximum Gasteiger partial charge on any atom is 0.218 e. The largest absolute Gasteiger partial charge is 0.477 e. The third kappa shape index (κ3) is 5.18. The molecular weight excluding hydrogens is 212 g/mol. The van der Waals surface area contributed by atoms with Crippen LogP contribution in [0.15, 0.2) is 18.3 Å². The monoisotopic (exact) mass is 236 g/mol. The Hall–Kier alpha value is -1.09. The van der Waals surface area contributed by atoms with E-state index < -0.39 is 0 Å². The van der Waals surface area contributed by atoms with Crippen LogP contribution in [0.1, 0.15) is 57.6 Å². The summed E-state index contributed by atoms with van der Waals surface area (Å²) in [5.74, 6) is 0.693. The SMILES string of the molecule is CCCCCCCOc1ncccc1C(C)N. The van der Waals surface area contributed by atoms with E-state index in [0.29, 0.717) is 5.88 Å². The molecule has 0 spiro atoms. The summed E-state index contributed by atoms with van der Waals surface area (Å²) >= 11 is 0. The van der Waals surface area contributed by atoms with E-state index in [-0.39, 0.29) is 6.04 Å². The van der Waals surface area contributed by atoms with Crippen molar-refractivity contribution in [2.24, 2.45) is 5.73 Å². The molecule has 0 amide bonds. The normalized spacial score (nSPS) is 12.4. The van der Waals surface area contributed by atoms with Gasteiger partial charge in [0.05, 0.1) is 6.61 Å². The van der Waals surface area contributed by atoms with Gasteiger partial charge in [0.1, 0.15) is 0 Å². The first-order valence-electron chi connectivity index (χ1n) is 6.59. The summed E-state index contributed by atoms with van der Waals surface area (Å²) in [6.45, 7) is 4.91. The van der Waals surface area contributed by atoms with Crippen molar-refractivity contribution >= 4 is 0 Å². The number of unbranched alkanes of at least 4 members (excludes halogenated alkanes) is 4. The van der Waals surface area contributed by atoms with Crippen LogP contribution in [0.4, 0.5) is 0 Å². The highest BCUT2D eigenvalue weighted by atomic mass is 16.5. The molecule has 1 atom stereocenters. The van der Waals surface area contributed by atoms with Gasteiger partial charge in [-0.15, -0.1) is 0 Å². The van der Waals surface area contributed by atoms with Crippen molar-refractivity contribution in [2.75, 3.05) is 6.61 Å².